The summed E-state index contributed by atoms with van der Waals surface area (Å²) in [7, 11) is 3.08. The van der Waals surface area contributed by atoms with Crippen LogP contribution in [0.3, 0.4) is 0 Å². The van der Waals surface area contributed by atoms with E-state index in [0.29, 0.717) is 36.7 Å². The third kappa shape index (κ3) is 3.85. The monoisotopic (exact) mass is 384 g/mol. The fourth-order valence-electron chi connectivity index (χ4n) is 3.25. The first-order valence-electron chi connectivity index (χ1n) is 9.11. The molecule has 2 aromatic rings. The molecule has 148 valence electrons. The van der Waals surface area contributed by atoms with Crippen LogP contribution in [0.15, 0.2) is 30.9 Å². The third-order valence-electron chi connectivity index (χ3n) is 4.58. The smallest absolute Gasteiger partial charge is 0.287 e. The van der Waals surface area contributed by atoms with E-state index in [1.165, 1.54) is 7.11 Å². The number of benzene rings is 1. The molecular formula is C20H24N4O4. The molecule has 1 aliphatic rings. The lowest BCUT2D eigenvalue weighted by molar-refractivity contribution is 0.0942. The van der Waals surface area contributed by atoms with Gasteiger partial charge in [-0.3, -0.25) is 9.59 Å². The summed E-state index contributed by atoms with van der Waals surface area (Å²) < 4.78 is 12.3. The maximum atomic E-state index is 12.9. The van der Waals surface area contributed by atoms with Crippen LogP contribution < -0.4 is 20.1 Å². The van der Waals surface area contributed by atoms with Gasteiger partial charge in [-0.25, -0.2) is 4.98 Å². The minimum absolute atomic E-state index is 0.258. The minimum Gasteiger partial charge on any atom is -0.493 e. The number of aromatic nitrogens is 2. The highest BCUT2D eigenvalue weighted by Gasteiger charge is 2.27. The van der Waals surface area contributed by atoms with Crippen molar-refractivity contribution in [3.8, 4) is 11.5 Å². The maximum absolute atomic E-state index is 12.9. The summed E-state index contributed by atoms with van der Waals surface area (Å²) in [5.74, 6) is 0.667. The first-order chi connectivity index (χ1) is 13.6. The zero-order valence-electron chi connectivity index (χ0n) is 16.1. The van der Waals surface area contributed by atoms with Crippen molar-refractivity contribution in [2.24, 2.45) is 0 Å². The van der Waals surface area contributed by atoms with E-state index in [1.807, 2.05) is 4.57 Å². The van der Waals surface area contributed by atoms with Crippen molar-refractivity contribution >= 4 is 17.5 Å². The van der Waals surface area contributed by atoms with Gasteiger partial charge in [0.05, 0.1) is 19.9 Å². The Bertz CT molecular complexity index is 904. The number of carbonyl (C=O) groups is 2. The van der Waals surface area contributed by atoms with Crippen LogP contribution in [0.25, 0.3) is 0 Å². The molecule has 0 radical (unpaired) electrons. The zero-order valence-corrected chi connectivity index (χ0v) is 16.1. The third-order valence-corrected chi connectivity index (χ3v) is 4.58. The molecule has 0 spiro atoms. The van der Waals surface area contributed by atoms with Crippen molar-refractivity contribution in [2.75, 3.05) is 26.1 Å². The van der Waals surface area contributed by atoms with Gasteiger partial charge in [0.15, 0.2) is 23.0 Å². The van der Waals surface area contributed by atoms with Gasteiger partial charge in [-0.2, -0.15) is 0 Å². The fraction of sp³-hybridized carbons (Fsp3) is 0.350. The molecule has 8 nitrogen and oxygen atoms in total. The number of anilines is 1. The number of hydrogen-bond acceptors (Lipinski definition) is 5. The van der Waals surface area contributed by atoms with Crippen molar-refractivity contribution < 1.29 is 19.1 Å². The average Bonchev–Trinajstić information content (AvgIpc) is 3.12. The van der Waals surface area contributed by atoms with Gasteiger partial charge in [-0.05, 0) is 31.4 Å². The number of carbonyl (C=O) groups excluding carboxylic acids is 2. The van der Waals surface area contributed by atoms with Crippen molar-refractivity contribution in [2.45, 2.75) is 25.8 Å². The Morgan fingerprint density at radius 2 is 2.00 bits per heavy atom. The number of rotatable bonds is 7. The molecule has 1 aliphatic heterocycles. The Labute approximate surface area is 163 Å². The van der Waals surface area contributed by atoms with E-state index in [-0.39, 0.29) is 23.3 Å². The molecular weight excluding hydrogens is 360 g/mol. The van der Waals surface area contributed by atoms with Crippen molar-refractivity contribution in [1.82, 2.24) is 14.9 Å². The molecule has 0 fully saturated rings. The highest BCUT2D eigenvalue weighted by Crippen LogP contribution is 2.30. The van der Waals surface area contributed by atoms with E-state index in [9.17, 15) is 9.59 Å². The van der Waals surface area contributed by atoms with Crippen molar-refractivity contribution in [3.05, 3.63) is 48.1 Å². The molecule has 0 saturated heterocycles. The van der Waals surface area contributed by atoms with Gasteiger partial charge in [-0.1, -0.05) is 6.08 Å². The van der Waals surface area contributed by atoms with Gasteiger partial charge in [0.25, 0.3) is 11.8 Å². The Hall–Kier alpha value is -3.29. The molecule has 0 bridgehead atoms. The predicted molar refractivity (Wildman–Crippen MR) is 105 cm³/mol. The summed E-state index contributed by atoms with van der Waals surface area (Å²) in [6.07, 6.45) is 4.21. The van der Waals surface area contributed by atoms with Gasteiger partial charge in [0.1, 0.15) is 0 Å². The lowest BCUT2D eigenvalue weighted by Gasteiger charge is -2.17. The molecule has 0 saturated carbocycles. The van der Waals surface area contributed by atoms with E-state index in [4.69, 9.17) is 9.47 Å². The topological polar surface area (TPSA) is 94.5 Å². The van der Waals surface area contributed by atoms with Gasteiger partial charge >= 0.3 is 0 Å². The second-order valence-corrected chi connectivity index (χ2v) is 6.36. The quantitative estimate of drug-likeness (QED) is 0.715. The molecule has 0 atom stereocenters. The van der Waals surface area contributed by atoms with E-state index in [2.05, 4.69) is 22.2 Å². The van der Waals surface area contributed by atoms with E-state index >= 15 is 0 Å². The molecule has 2 heterocycles. The molecule has 28 heavy (non-hydrogen) atoms. The number of imidazole rings is 1. The Morgan fingerprint density at radius 1 is 1.21 bits per heavy atom. The molecule has 3 rings (SSSR count). The number of hydrogen-bond donors (Lipinski definition) is 2. The largest absolute Gasteiger partial charge is 0.493 e. The molecule has 1 aromatic carbocycles. The van der Waals surface area contributed by atoms with E-state index < -0.39 is 0 Å². The van der Waals surface area contributed by atoms with E-state index in [0.717, 1.165) is 18.5 Å². The number of amides is 2. The normalized spacial score (nSPS) is 12.6. The van der Waals surface area contributed by atoms with Crippen LogP contribution in [0, 0.1) is 0 Å². The standard InChI is InChI=1S/C20H24N4O4/c1-4-10-21-20(26)18-23-17(14-7-5-6-11-24(14)18)19(25)22-13-8-9-15(27-2)16(12-13)28-3/h4,8-9,12H,1,5-7,10-11H2,2-3H3,(H,21,26)(H,22,25). The zero-order chi connectivity index (χ0) is 20.1. The molecule has 0 aliphatic carbocycles. The summed E-state index contributed by atoms with van der Waals surface area (Å²) >= 11 is 0. The summed E-state index contributed by atoms with van der Waals surface area (Å²) in [6, 6.07) is 5.11. The number of nitrogens with one attached hydrogen (secondary N) is 2. The Kier molecular flexibility index (Phi) is 5.98. The van der Waals surface area contributed by atoms with E-state index in [1.54, 1.807) is 31.4 Å². The summed E-state index contributed by atoms with van der Waals surface area (Å²) in [6.45, 7) is 4.61. The van der Waals surface area contributed by atoms with Crippen LogP contribution in [0.1, 0.15) is 39.6 Å². The summed E-state index contributed by atoms with van der Waals surface area (Å²) in [4.78, 5) is 29.7. The fourth-order valence-corrected chi connectivity index (χ4v) is 3.25. The maximum Gasteiger partial charge on any atom is 0.287 e. The van der Waals surface area contributed by atoms with Crippen LogP contribution in [-0.2, 0) is 13.0 Å². The molecule has 8 heteroatoms. The Balaban J connectivity index is 1.88. The minimum atomic E-state index is -0.361. The first-order valence-corrected chi connectivity index (χ1v) is 9.11. The van der Waals surface area contributed by atoms with Gasteiger partial charge in [0, 0.05) is 24.8 Å². The highest BCUT2D eigenvalue weighted by molar-refractivity contribution is 6.05. The number of methoxy groups -OCH3 is 2. The van der Waals surface area contributed by atoms with Gasteiger partial charge in [-0.15, -0.1) is 6.58 Å². The van der Waals surface area contributed by atoms with Gasteiger partial charge in [0.2, 0.25) is 0 Å². The highest BCUT2D eigenvalue weighted by atomic mass is 16.5. The Morgan fingerprint density at radius 3 is 2.71 bits per heavy atom. The molecule has 0 unspecified atom stereocenters. The van der Waals surface area contributed by atoms with Crippen molar-refractivity contribution in [3.63, 3.8) is 0 Å². The van der Waals surface area contributed by atoms with Crippen LogP contribution in [0.4, 0.5) is 5.69 Å². The first kappa shape index (κ1) is 19.5. The summed E-state index contributed by atoms with van der Waals surface area (Å²) in [5.41, 5.74) is 1.61. The average molecular weight is 384 g/mol. The lowest BCUT2D eigenvalue weighted by atomic mass is 10.1. The molecule has 2 N–H and O–H groups in total. The second kappa shape index (κ2) is 8.60. The number of ether oxygens (including phenoxy) is 2. The SMILES string of the molecule is C=CCNC(=O)c1nc(C(=O)Nc2ccc(OC)c(OC)c2)c2n1CCCC2. The van der Waals surface area contributed by atoms with Crippen molar-refractivity contribution in [1.29, 1.82) is 0 Å². The number of nitrogens with zero attached hydrogens (tertiary/aromatic N) is 2. The van der Waals surface area contributed by atoms with Crippen LogP contribution in [0.5, 0.6) is 11.5 Å². The van der Waals surface area contributed by atoms with Crippen LogP contribution >= 0.6 is 0 Å². The predicted octanol–water partition coefficient (Wildman–Crippen LogP) is 2.40. The second-order valence-electron chi connectivity index (χ2n) is 6.36. The van der Waals surface area contributed by atoms with Crippen LogP contribution in [-0.4, -0.2) is 42.1 Å². The number of fused-ring (bicyclic) bond motifs is 1. The molecule has 2 amide bonds. The van der Waals surface area contributed by atoms with Gasteiger partial charge < -0.3 is 24.7 Å². The molecule has 1 aromatic heterocycles. The summed E-state index contributed by atoms with van der Waals surface area (Å²) in [5, 5.41) is 5.56. The lowest BCUT2D eigenvalue weighted by Crippen LogP contribution is -2.28. The van der Waals surface area contributed by atoms with Crippen LogP contribution in [0.2, 0.25) is 0 Å².